The van der Waals surface area contributed by atoms with E-state index < -0.39 is 0 Å². The van der Waals surface area contributed by atoms with Gasteiger partial charge in [-0.1, -0.05) is 0 Å². The van der Waals surface area contributed by atoms with Crippen molar-refractivity contribution in [3.63, 3.8) is 0 Å². The Morgan fingerprint density at radius 1 is 1.13 bits per heavy atom. The second kappa shape index (κ2) is 6.85. The molecule has 0 saturated heterocycles. The first-order chi connectivity index (χ1) is 10.5. The first kappa shape index (κ1) is 17.7. The van der Waals surface area contributed by atoms with Crippen LogP contribution in [0.5, 0.6) is 11.5 Å². The molecule has 2 aromatic rings. The molecule has 0 amide bonds. The summed E-state index contributed by atoms with van der Waals surface area (Å²) in [4.78, 5) is 2.44. The summed E-state index contributed by atoms with van der Waals surface area (Å²) in [5.41, 5.74) is 2.70. The normalized spacial score (nSPS) is 16.3. The molecule has 1 aromatic heterocycles. The van der Waals surface area contributed by atoms with Gasteiger partial charge < -0.3 is 13.9 Å². The van der Waals surface area contributed by atoms with Gasteiger partial charge in [0.15, 0.2) is 11.5 Å². The van der Waals surface area contributed by atoms with Crippen LogP contribution in [0.15, 0.2) is 34.9 Å². The number of furan rings is 1. The highest BCUT2D eigenvalue weighted by atomic mass is 35.5. The lowest BCUT2D eigenvalue weighted by Crippen LogP contribution is -2.47. The lowest BCUT2D eigenvalue weighted by atomic mass is 9.85. The highest BCUT2D eigenvalue weighted by molar-refractivity contribution is 5.85. The standard InChI is InChI=1S/C18H23NO3.ClH/c1-18(2)10-13-8-16(20-3)17(21-4)9-14(13)11-19(18)12-15-6-5-7-22-15;/h5-9H,10-12H2,1-4H3;1H. The fraction of sp³-hybridized carbons (Fsp3) is 0.444. The number of benzene rings is 1. The maximum Gasteiger partial charge on any atom is 0.161 e. The first-order valence-corrected chi connectivity index (χ1v) is 7.54. The van der Waals surface area contributed by atoms with Crippen molar-refractivity contribution in [1.29, 1.82) is 0 Å². The number of halogens is 1. The van der Waals surface area contributed by atoms with Crippen LogP contribution in [-0.2, 0) is 19.5 Å². The van der Waals surface area contributed by atoms with E-state index in [0.717, 1.165) is 36.8 Å². The van der Waals surface area contributed by atoms with Crippen LogP contribution < -0.4 is 9.47 Å². The zero-order chi connectivity index (χ0) is 15.7. The molecular weight excluding hydrogens is 314 g/mol. The van der Waals surface area contributed by atoms with Crippen molar-refractivity contribution < 1.29 is 13.9 Å². The van der Waals surface area contributed by atoms with Crippen molar-refractivity contribution in [2.75, 3.05) is 14.2 Å². The molecule has 1 aromatic carbocycles. The average Bonchev–Trinajstić information content (AvgIpc) is 2.99. The molecule has 3 rings (SSSR count). The number of hydrogen-bond donors (Lipinski definition) is 0. The van der Waals surface area contributed by atoms with E-state index in [-0.39, 0.29) is 17.9 Å². The molecule has 0 unspecified atom stereocenters. The van der Waals surface area contributed by atoms with Crippen LogP contribution >= 0.6 is 12.4 Å². The number of hydrogen-bond acceptors (Lipinski definition) is 4. The Kier molecular flexibility index (Phi) is 5.27. The van der Waals surface area contributed by atoms with E-state index in [1.165, 1.54) is 11.1 Å². The predicted molar refractivity (Wildman–Crippen MR) is 92.5 cm³/mol. The van der Waals surface area contributed by atoms with Gasteiger partial charge in [0.05, 0.1) is 27.0 Å². The minimum absolute atomic E-state index is 0. The Labute approximate surface area is 143 Å². The van der Waals surface area contributed by atoms with Crippen molar-refractivity contribution in [2.24, 2.45) is 0 Å². The smallest absolute Gasteiger partial charge is 0.161 e. The van der Waals surface area contributed by atoms with Crippen LogP contribution in [0.2, 0.25) is 0 Å². The van der Waals surface area contributed by atoms with Gasteiger partial charge in [-0.15, -0.1) is 12.4 Å². The van der Waals surface area contributed by atoms with Gasteiger partial charge in [-0.2, -0.15) is 0 Å². The average molecular weight is 338 g/mol. The molecule has 5 heteroatoms. The van der Waals surface area contributed by atoms with Crippen LogP contribution in [0.4, 0.5) is 0 Å². The van der Waals surface area contributed by atoms with Crippen LogP contribution in [0, 0.1) is 0 Å². The number of methoxy groups -OCH3 is 2. The van der Waals surface area contributed by atoms with Gasteiger partial charge in [0.1, 0.15) is 5.76 Å². The first-order valence-electron chi connectivity index (χ1n) is 7.54. The zero-order valence-corrected chi connectivity index (χ0v) is 14.9. The molecule has 1 aliphatic heterocycles. The Hall–Kier alpha value is -1.65. The highest BCUT2D eigenvalue weighted by Crippen LogP contribution is 2.38. The fourth-order valence-electron chi connectivity index (χ4n) is 3.13. The third-order valence-corrected chi connectivity index (χ3v) is 4.47. The topological polar surface area (TPSA) is 34.8 Å². The van der Waals surface area contributed by atoms with Crippen LogP contribution in [0.1, 0.15) is 30.7 Å². The van der Waals surface area contributed by atoms with E-state index in [2.05, 4.69) is 30.9 Å². The molecule has 2 heterocycles. The maximum absolute atomic E-state index is 5.51. The Morgan fingerprint density at radius 3 is 2.35 bits per heavy atom. The number of nitrogens with zero attached hydrogens (tertiary/aromatic N) is 1. The summed E-state index contributed by atoms with van der Waals surface area (Å²) in [5.74, 6) is 2.59. The summed E-state index contributed by atoms with van der Waals surface area (Å²) in [7, 11) is 3.36. The molecule has 4 nitrogen and oxygen atoms in total. The van der Waals surface area contributed by atoms with E-state index in [0.29, 0.717) is 0 Å². The SMILES string of the molecule is COc1cc2c(cc1OC)CC(C)(C)N(Cc1ccco1)C2.Cl. The van der Waals surface area contributed by atoms with Crippen molar-refractivity contribution in [3.05, 3.63) is 47.4 Å². The second-order valence-electron chi connectivity index (χ2n) is 6.40. The molecule has 0 spiro atoms. The van der Waals surface area contributed by atoms with Gasteiger partial charge >= 0.3 is 0 Å². The lowest BCUT2D eigenvalue weighted by Gasteiger charge is -2.43. The molecule has 0 bridgehead atoms. The van der Waals surface area contributed by atoms with Crippen LogP contribution in [0.3, 0.4) is 0 Å². The lowest BCUT2D eigenvalue weighted by molar-refractivity contribution is 0.0806. The minimum atomic E-state index is 0. The van der Waals surface area contributed by atoms with Crippen molar-refractivity contribution in [2.45, 2.75) is 38.9 Å². The Morgan fingerprint density at radius 2 is 1.78 bits per heavy atom. The summed E-state index contributed by atoms with van der Waals surface area (Å²) < 4.78 is 16.4. The summed E-state index contributed by atoms with van der Waals surface area (Å²) in [5, 5.41) is 0. The summed E-state index contributed by atoms with van der Waals surface area (Å²) in [6, 6.07) is 8.17. The maximum atomic E-state index is 5.51. The molecule has 0 saturated carbocycles. The van der Waals surface area contributed by atoms with E-state index >= 15 is 0 Å². The summed E-state index contributed by atoms with van der Waals surface area (Å²) in [6.07, 6.45) is 2.71. The molecule has 0 atom stereocenters. The second-order valence-corrected chi connectivity index (χ2v) is 6.40. The molecule has 0 fully saturated rings. The van der Waals surface area contributed by atoms with Crippen molar-refractivity contribution in [1.82, 2.24) is 4.90 Å². The number of ether oxygens (including phenoxy) is 2. The molecule has 0 aliphatic carbocycles. The van der Waals surface area contributed by atoms with E-state index in [1.807, 2.05) is 12.1 Å². The van der Waals surface area contributed by atoms with E-state index in [9.17, 15) is 0 Å². The van der Waals surface area contributed by atoms with Gasteiger partial charge in [-0.25, -0.2) is 0 Å². The largest absolute Gasteiger partial charge is 0.493 e. The van der Waals surface area contributed by atoms with Crippen molar-refractivity contribution in [3.8, 4) is 11.5 Å². The van der Waals surface area contributed by atoms with Gasteiger partial charge in [-0.05, 0) is 55.7 Å². The van der Waals surface area contributed by atoms with Crippen LogP contribution in [0.25, 0.3) is 0 Å². The monoisotopic (exact) mass is 337 g/mol. The molecule has 0 radical (unpaired) electrons. The molecule has 1 aliphatic rings. The third-order valence-electron chi connectivity index (χ3n) is 4.47. The molecular formula is C18H24ClNO3. The van der Waals surface area contributed by atoms with E-state index in [1.54, 1.807) is 20.5 Å². The van der Waals surface area contributed by atoms with Crippen LogP contribution in [-0.4, -0.2) is 24.7 Å². The number of fused-ring (bicyclic) bond motifs is 1. The third kappa shape index (κ3) is 3.48. The quantitative estimate of drug-likeness (QED) is 0.842. The zero-order valence-electron chi connectivity index (χ0n) is 14.1. The van der Waals surface area contributed by atoms with Gasteiger partial charge in [0.25, 0.3) is 0 Å². The predicted octanol–water partition coefficient (Wildman–Crippen LogP) is 4.06. The molecule has 0 N–H and O–H groups in total. The number of rotatable bonds is 4. The molecule has 23 heavy (non-hydrogen) atoms. The van der Waals surface area contributed by atoms with Gasteiger partial charge in [0.2, 0.25) is 0 Å². The minimum Gasteiger partial charge on any atom is -0.493 e. The molecule has 126 valence electrons. The van der Waals surface area contributed by atoms with E-state index in [4.69, 9.17) is 13.9 Å². The van der Waals surface area contributed by atoms with Crippen molar-refractivity contribution >= 4 is 12.4 Å². The van der Waals surface area contributed by atoms with Gasteiger partial charge in [0, 0.05) is 12.1 Å². The highest BCUT2D eigenvalue weighted by Gasteiger charge is 2.34. The fourth-order valence-corrected chi connectivity index (χ4v) is 3.13. The summed E-state index contributed by atoms with van der Waals surface area (Å²) in [6.45, 7) is 6.24. The summed E-state index contributed by atoms with van der Waals surface area (Å²) >= 11 is 0. The Bertz CT molecular complexity index is 653. The Balaban J connectivity index is 0.00000192. The van der Waals surface area contributed by atoms with Gasteiger partial charge in [-0.3, -0.25) is 4.90 Å².